The SMILES string of the molecule is O=C(NCCN1CCOCC1)NC1CCSc2c(F)cccc21. The minimum atomic E-state index is -0.202. The highest BCUT2D eigenvalue weighted by atomic mass is 32.2. The lowest BCUT2D eigenvalue weighted by molar-refractivity contribution is 0.0387. The molecule has 2 heterocycles. The summed E-state index contributed by atoms with van der Waals surface area (Å²) in [5.74, 6) is 0.610. The quantitative estimate of drug-likeness (QED) is 0.881. The van der Waals surface area contributed by atoms with Gasteiger partial charge in [0.1, 0.15) is 5.82 Å². The summed E-state index contributed by atoms with van der Waals surface area (Å²) in [5, 5.41) is 5.86. The maximum absolute atomic E-state index is 13.8. The fourth-order valence-corrected chi connectivity index (χ4v) is 4.04. The molecule has 126 valence electrons. The van der Waals surface area contributed by atoms with Gasteiger partial charge in [-0.3, -0.25) is 4.90 Å². The number of fused-ring (bicyclic) bond motifs is 1. The molecule has 1 aromatic rings. The van der Waals surface area contributed by atoms with Gasteiger partial charge in [-0.15, -0.1) is 11.8 Å². The zero-order valence-electron chi connectivity index (χ0n) is 13.0. The van der Waals surface area contributed by atoms with Crippen molar-refractivity contribution in [2.45, 2.75) is 17.4 Å². The first-order chi connectivity index (χ1) is 11.2. The van der Waals surface area contributed by atoms with Crippen LogP contribution in [0.1, 0.15) is 18.0 Å². The van der Waals surface area contributed by atoms with Gasteiger partial charge in [-0.1, -0.05) is 12.1 Å². The normalized spacial score (nSPS) is 21.5. The molecule has 1 unspecified atom stereocenters. The molecule has 1 atom stereocenters. The summed E-state index contributed by atoms with van der Waals surface area (Å²) in [6, 6.07) is 4.75. The average Bonchev–Trinajstić information content (AvgIpc) is 2.57. The van der Waals surface area contributed by atoms with Crippen LogP contribution in [-0.2, 0) is 4.74 Å². The third-order valence-corrected chi connectivity index (χ3v) is 5.31. The lowest BCUT2D eigenvalue weighted by Crippen LogP contribution is -2.44. The maximum Gasteiger partial charge on any atom is 0.315 e. The number of ether oxygens (including phenoxy) is 1. The Balaban J connectivity index is 1.48. The lowest BCUT2D eigenvalue weighted by Gasteiger charge is -2.28. The van der Waals surface area contributed by atoms with Crippen molar-refractivity contribution < 1.29 is 13.9 Å². The number of halogens is 1. The van der Waals surface area contributed by atoms with Crippen LogP contribution in [-0.4, -0.2) is 56.1 Å². The molecule has 23 heavy (non-hydrogen) atoms. The number of morpholine rings is 1. The molecule has 1 saturated heterocycles. The van der Waals surface area contributed by atoms with Crippen LogP contribution in [0.25, 0.3) is 0 Å². The average molecular weight is 339 g/mol. The van der Waals surface area contributed by atoms with Crippen molar-refractivity contribution >= 4 is 17.8 Å². The van der Waals surface area contributed by atoms with E-state index in [1.54, 1.807) is 6.07 Å². The first kappa shape index (κ1) is 16.5. The third kappa shape index (κ3) is 4.37. The molecule has 0 saturated carbocycles. The number of rotatable bonds is 4. The number of amides is 2. The maximum atomic E-state index is 13.8. The molecular formula is C16H22FN3O2S. The Morgan fingerprint density at radius 1 is 1.39 bits per heavy atom. The minimum absolute atomic E-state index is 0.120. The summed E-state index contributed by atoms with van der Waals surface area (Å²) in [4.78, 5) is 15.0. The van der Waals surface area contributed by atoms with Crippen LogP contribution in [0.3, 0.4) is 0 Å². The number of benzene rings is 1. The molecule has 0 bridgehead atoms. The van der Waals surface area contributed by atoms with E-state index in [2.05, 4.69) is 15.5 Å². The van der Waals surface area contributed by atoms with Crippen LogP contribution >= 0.6 is 11.8 Å². The van der Waals surface area contributed by atoms with E-state index < -0.39 is 0 Å². The minimum Gasteiger partial charge on any atom is -0.379 e. The third-order valence-electron chi connectivity index (χ3n) is 4.15. The Labute approximate surface area is 139 Å². The highest BCUT2D eigenvalue weighted by molar-refractivity contribution is 7.99. The topological polar surface area (TPSA) is 53.6 Å². The van der Waals surface area contributed by atoms with E-state index in [-0.39, 0.29) is 17.9 Å². The van der Waals surface area contributed by atoms with Crippen LogP contribution in [0.4, 0.5) is 9.18 Å². The molecule has 2 amide bonds. The largest absolute Gasteiger partial charge is 0.379 e. The van der Waals surface area contributed by atoms with E-state index in [1.807, 2.05) is 6.07 Å². The molecule has 0 spiro atoms. The second-order valence-electron chi connectivity index (χ2n) is 5.70. The van der Waals surface area contributed by atoms with Crippen LogP contribution in [0.2, 0.25) is 0 Å². The standard InChI is InChI=1S/C16H22FN3O2S/c17-13-3-1-2-12-14(4-11-23-15(12)13)19-16(21)18-5-6-20-7-9-22-10-8-20/h1-3,14H,4-11H2,(H2,18,19,21). The summed E-state index contributed by atoms with van der Waals surface area (Å²) >= 11 is 1.52. The van der Waals surface area contributed by atoms with Gasteiger partial charge in [-0.05, 0) is 18.1 Å². The Morgan fingerprint density at radius 2 is 2.22 bits per heavy atom. The molecule has 0 radical (unpaired) electrons. The predicted molar refractivity (Wildman–Crippen MR) is 88.3 cm³/mol. The van der Waals surface area contributed by atoms with Crippen molar-refractivity contribution in [3.8, 4) is 0 Å². The fourth-order valence-electron chi connectivity index (χ4n) is 2.90. The van der Waals surface area contributed by atoms with E-state index in [9.17, 15) is 9.18 Å². The van der Waals surface area contributed by atoms with Gasteiger partial charge in [0.25, 0.3) is 0 Å². The zero-order chi connectivity index (χ0) is 16.1. The van der Waals surface area contributed by atoms with E-state index in [0.29, 0.717) is 11.4 Å². The van der Waals surface area contributed by atoms with Crippen molar-refractivity contribution in [3.63, 3.8) is 0 Å². The Kier molecular flexibility index (Phi) is 5.75. The molecule has 5 nitrogen and oxygen atoms in total. The van der Waals surface area contributed by atoms with Crippen LogP contribution in [0.5, 0.6) is 0 Å². The van der Waals surface area contributed by atoms with Gasteiger partial charge in [-0.2, -0.15) is 0 Å². The van der Waals surface area contributed by atoms with Crippen molar-refractivity contribution in [1.29, 1.82) is 0 Å². The Bertz CT molecular complexity index is 552. The Morgan fingerprint density at radius 3 is 3.04 bits per heavy atom. The van der Waals surface area contributed by atoms with Crippen molar-refractivity contribution in [2.75, 3.05) is 45.1 Å². The van der Waals surface area contributed by atoms with Gasteiger partial charge in [0.05, 0.1) is 19.3 Å². The van der Waals surface area contributed by atoms with Gasteiger partial charge in [0.15, 0.2) is 0 Å². The number of thioether (sulfide) groups is 1. The second-order valence-corrected chi connectivity index (χ2v) is 6.81. The van der Waals surface area contributed by atoms with E-state index in [1.165, 1.54) is 17.8 Å². The number of urea groups is 1. The smallest absolute Gasteiger partial charge is 0.315 e. The summed E-state index contributed by atoms with van der Waals surface area (Å²) in [6.45, 7) is 4.76. The highest BCUT2D eigenvalue weighted by Gasteiger charge is 2.24. The van der Waals surface area contributed by atoms with Crippen molar-refractivity contribution in [2.24, 2.45) is 0 Å². The number of nitrogens with one attached hydrogen (secondary N) is 2. The van der Waals surface area contributed by atoms with Gasteiger partial charge in [-0.25, -0.2) is 9.18 Å². The molecule has 1 aromatic carbocycles. The first-order valence-electron chi connectivity index (χ1n) is 8.00. The van der Waals surface area contributed by atoms with Crippen LogP contribution < -0.4 is 10.6 Å². The summed E-state index contributed by atoms with van der Waals surface area (Å²) in [5.41, 5.74) is 0.879. The monoisotopic (exact) mass is 339 g/mol. The second kappa shape index (κ2) is 7.99. The predicted octanol–water partition coefficient (Wildman–Crippen LogP) is 1.99. The van der Waals surface area contributed by atoms with E-state index in [0.717, 1.165) is 50.6 Å². The fraction of sp³-hybridized carbons (Fsp3) is 0.562. The number of hydrogen-bond donors (Lipinski definition) is 2. The summed E-state index contributed by atoms with van der Waals surface area (Å²) in [6.07, 6.45) is 0.817. The van der Waals surface area contributed by atoms with Gasteiger partial charge in [0, 0.05) is 36.8 Å². The first-order valence-corrected chi connectivity index (χ1v) is 8.98. The molecule has 0 aliphatic carbocycles. The molecule has 1 fully saturated rings. The lowest BCUT2D eigenvalue weighted by atomic mass is 10.0. The van der Waals surface area contributed by atoms with Crippen LogP contribution in [0.15, 0.2) is 23.1 Å². The summed E-state index contributed by atoms with van der Waals surface area (Å²) < 4.78 is 19.1. The molecule has 2 aliphatic heterocycles. The number of carbonyl (C=O) groups excluding carboxylic acids is 1. The van der Waals surface area contributed by atoms with Crippen molar-refractivity contribution in [1.82, 2.24) is 15.5 Å². The number of nitrogens with zero attached hydrogens (tertiary/aromatic N) is 1. The molecule has 3 rings (SSSR count). The molecule has 7 heteroatoms. The molecule has 2 aliphatic rings. The number of hydrogen-bond acceptors (Lipinski definition) is 4. The number of carbonyl (C=O) groups is 1. The van der Waals surface area contributed by atoms with Crippen molar-refractivity contribution in [3.05, 3.63) is 29.6 Å². The molecular weight excluding hydrogens is 317 g/mol. The van der Waals surface area contributed by atoms with Gasteiger partial charge in [0.2, 0.25) is 0 Å². The van der Waals surface area contributed by atoms with E-state index in [4.69, 9.17) is 4.74 Å². The van der Waals surface area contributed by atoms with Crippen LogP contribution in [0, 0.1) is 5.82 Å². The van der Waals surface area contributed by atoms with Gasteiger partial charge >= 0.3 is 6.03 Å². The van der Waals surface area contributed by atoms with Gasteiger partial charge < -0.3 is 15.4 Å². The van der Waals surface area contributed by atoms with E-state index >= 15 is 0 Å². The summed E-state index contributed by atoms with van der Waals surface area (Å²) in [7, 11) is 0. The Hall–Kier alpha value is -1.31. The highest BCUT2D eigenvalue weighted by Crippen LogP contribution is 2.37. The zero-order valence-corrected chi connectivity index (χ0v) is 13.8. The molecule has 0 aromatic heterocycles. The molecule has 2 N–H and O–H groups in total.